The molecule has 8 nitrogen and oxygen atoms in total. The summed E-state index contributed by atoms with van der Waals surface area (Å²) in [6, 6.07) is 3.43. The lowest BCUT2D eigenvalue weighted by Crippen LogP contribution is -2.43. The summed E-state index contributed by atoms with van der Waals surface area (Å²) in [4.78, 5) is 21.7. The summed E-state index contributed by atoms with van der Waals surface area (Å²) in [6.45, 7) is 0.488. The van der Waals surface area contributed by atoms with Gasteiger partial charge in [-0.1, -0.05) is 0 Å². The van der Waals surface area contributed by atoms with Gasteiger partial charge in [-0.25, -0.2) is 0 Å². The molecule has 0 spiro atoms. The average molecular weight is 303 g/mol. The van der Waals surface area contributed by atoms with Crippen LogP contribution in [0.1, 0.15) is 11.1 Å². The second-order valence-electron chi connectivity index (χ2n) is 5.11. The minimum atomic E-state index is -0.372. The van der Waals surface area contributed by atoms with Crippen LogP contribution < -0.4 is 20.9 Å². The zero-order valence-corrected chi connectivity index (χ0v) is 12.4. The molecule has 4 N–H and O–H groups in total. The molecule has 22 heavy (non-hydrogen) atoms. The number of ether oxygens (including phenoxy) is 2. The highest BCUT2D eigenvalue weighted by Crippen LogP contribution is 2.36. The normalized spacial score (nSPS) is 19.2. The van der Waals surface area contributed by atoms with Gasteiger partial charge >= 0.3 is 0 Å². The van der Waals surface area contributed by atoms with Crippen LogP contribution >= 0.6 is 0 Å². The molecule has 0 unspecified atom stereocenters. The molecule has 8 heteroatoms. The third kappa shape index (κ3) is 2.22. The van der Waals surface area contributed by atoms with Crippen molar-refractivity contribution >= 4 is 17.8 Å². The van der Waals surface area contributed by atoms with Crippen LogP contribution in [0.5, 0.6) is 11.5 Å². The maximum atomic E-state index is 12.1. The molecule has 0 saturated carbocycles. The first-order valence-corrected chi connectivity index (χ1v) is 6.76. The Morgan fingerprint density at radius 3 is 2.50 bits per heavy atom. The van der Waals surface area contributed by atoms with Crippen LogP contribution in [0.3, 0.4) is 0 Å². The van der Waals surface area contributed by atoms with Gasteiger partial charge in [0.05, 0.1) is 14.2 Å². The van der Waals surface area contributed by atoms with Crippen molar-refractivity contribution in [2.75, 3.05) is 14.2 Å². The molecule has 1 aromatic rings. The van der Waals surface area contributed by atoms with Crippen molar-refractivity contribution in [2.45, 2.75) is 19.0 Å². The van der Waals surface area contributed by atoms with E-state index < -0.39 is 0 Å². The number of methoxy groups -OCH3 is 2. The number of nitrogens with two attached hydrogens (primary N) is 2. The highest BCUT2D eigenvalue weighted by Gasteiger charge is 2.39. The fourth-order valence-corrected chi connectivity index (χ4v) is 2.79. The second-order valence-corrected chi connectivity index (χ2v) is 5.11. The van der Waals surface area contributed by atoms with E-state index in [9.17, 15) is 4.79 Å². The predicted molar refractivity (Wildman–Crippen MR) is 80.8 cm³/mol. The van der Waals surface area contributed by atoms with Crippen molar-refractivity contribution in [3.8, 4) is 11.5 Å². The first-order chi connectivity index (χ1) is 10.5. The molecule has 1 aromatic carbocycles. The smallest absolute Gasteiger partial charge is 0.272 e. The Kier molecular flexibility index (Phi) is 3.36. The van der Waals surface area contributed by atoms with Gasteiger partial charge in [0.2, 0.25) is 5.96 Å². The summed E-state index contributed by atoms with van der Waals surface area (Å²) < 4.78 is 10.6. The number of amides is 1. The Morgan fingerprint density at radius 2 is 1.91 bits per heavy atom. The number of aliphatic imine (C=N–C) groups is 2. The standard InChI is InChI=1S/C14H17N5O3/c1-21-10-4-7-3-9-12(20)17-14(18-13(15)16)19(9)6-8(7)5-11(10)22-2/h4-5,9H,3,6H2,1-2H3,(H4,15,16,17,18,20)/t9-/m0/s1. The van der Waals surface area contributed by atoms with Crippen molar-refractivity contribution in [2.24, 2.45) is 21.5 Å². The summed E-state index contributed by atoms with van der Waals surface area (Å²) >= 11 is 0. The number of benzene rings is 1. The van der Waals surface area contributed by atoms with Gasteiger partial charge in [0.15, 0.2) is 17.5 Å². The molecule has 0 bridgehead atoms. The van der Waals surface area contributed by atoms with Gasteiger partial charge in [0.1, 0.15) is 6.04 Å². The Morgan fingerprint density at radius 1 is 1.27 bits per heavy atom. The van der Waals surface area contributed by atoms with Crippen LogP contribution in [0, 0.1) is 0 Å². The molecule has 0 aliphatic carbocycles. The molecule has 1 atom stereocenters. The van der Waals surface area contributed by atoms with Crippen molar-refractivity contribution in [1.82, 2.24) is 4.90 Å². The molecule has 0 radical (unpaired) electrons. The summed E-state index contributed by atoms with van der Waals surface area (Å²) in [5.41, 5.74) is 12.8. The van der Waals surface area contributed by atoms with E-state index in [1.807, 2.05) is 12.1 Å². The van der Waals surface area contributed by atoms with E-state index in [1.165, 1.54) is 0 Å². The zero-order chi connectivity index (χ0) is 15.9. The first-order valence-electron chi connectivity index (χ1n) is 6.76. The molecule has 2 aliphatic rings. The fourth-order valence-electron chi connectivity index (χ4n) is 2.79. The SMILES string of the molecule is COc1cc2c(cc1OC)CN1C(N=C(N)N)=NC(=O)[C@@H]1C2. The lowest BCUT2D eigenvalue weighted by Gasteiger charge is -2.31. The molecule has 2 aliphatic heterocycles. The second kappa shape index (κ2) is 5.21. The molecule has 0 fully saturated rings. The summed E-state index contributed by atoms with van der Waals surface area (Å²) in [5, 5.41) is 0. The molecule has 0 saturated heterocycles. The molecule has 0 aromatic heterocycles. The number of hydrogen-bond acceptors (Lipinski definition) is 5. The van der Waals surface area contributed by atoms with E-state index in [4.69, 9.17) is 20.9 Å². The number of carbonyl (C=O) groups excluding carboxylic acids is 1. The minimum absolute atomic E-state index is 0.120. The van der Waals surface area contributed by atoms with Crippen molar-refractivity contribution in [1.29, 1.82) is 0 Å². The van der Waals surface area contributed by atoms with E-state index in [0.717, 1.165) is 11.1 Å². The predicted octanol–water partition coefficient (Wildman–Crippen LogP) is -0.400. The zero-order valence-electron chi connectivity index (χ0n) is 12.4. The Hall–Kier alpha value is -2.77. The van der Waals surface area contributed by atoms with Crippen molar-refractivity contribution in [3.05, 3.63) is 23.3 Å². The third-order valence-electron chi connectivity index (χ3n) is 3.82. The topological polar surface area (TPSA) is 116 Å². The van der Waals surface area contributed by atoms with Gasteiger partial charge in [0.25, 0.3) is 5.91 Å². The van der Waals surface area contributed by atoms with E-state index in [1.54, 1.807) is 19.1 Å². The number of guanidine groups is 2. The Bertz CT molecular complexity index is 694. The fraction of sp³-hybridized carbons (Fsp3) is 0.357. The van der Waals surface area contributed by atoms with Gasteiger partial charge in [-0.15, -0.1) is 0 Å². The molecule has 3 rings (SSSR count). The summed E-state index contributed by atoms with van der Waals surface area (Å²) in [7, 11) is 3.17. The summed E-state index contributed by atoms with van der Waals surface area (Å²) in [6.07, 6.45) is 0.529. The minimum Gasteiger partial charge on any atom is -0.493 e. The van der Waals surface area contributed by atoms with Gasteiger partial charge < -0.3 is 25.8 Å². The van der Waals surface area contributed by atoms with Gasteiger partial charge in [-0.05, 0) is 23.3 Å². The molecule has 2 heterocycles. The number of carbonyl (C=O) groups is 1. The Labute approximate surface area is 127 Å². The number of fused-ring (bicyclic) bond motifs is 2. The largest absolute Gasteiger partial charge is 0.493 e. The highest BCUT2D eigenvalue weighted by molar-refractivity contribution is 6.06. The number of hydrogen-bond donors (Lipinski definition) is 2. The van der Waals surface area contributed by atoms with Crippen LogP contribution in [-0.2, 0) is 17.8 Å². The Balaban J connectivity index is 1.99. The average Bonchev–Trinajstić information content (AvgIpc) is 2.78. The van der Waals surface area contributed by atoms with Gasteiger partial charge in [-0.2, -0.15) is 9.98 Å². The highest BCUT2D eigenvalue weighted by atomic mass is 16.5. The van der Waals surface area contributed by atoms with Gasteiger partial charge in [0, 0.05) is 13.0 Å². The van der Waals surface area contributed by atoms with Crippen molar-refractivity contribution in [3.63, 3.8) is 0 Å². The third-order valence-corrected chi connectivity index (χ3v) is 3.82. The van der Waals surface area contributed by atoms with Crippen LogP contribution in [0.4, 0.5) is 0 Å². The maximum Gasteiger partial charge on any atom is 0.272 e. The van der Waals surface area contributed by atoms with E-state index in [2.05, 4.69) is 9.98 Å². The van der Waals surface area contributed by atoms with Crippen LogP contribution in [0.2, 0.25) is 0 Å². The van der Waals surface area contributed by atoms with Crippen LogP contribution in [0.15, 0.2) is 22.1 Å². The molecule has 1 amide bonds. The molecule has 116 valence electrons. The maximum absolute atomic E-state index is 12.1. The van der Waals surface area contributed by atoms with E-state index in [0.29, 0.717) is 24.5 Å². The van der Waals surface area contributed by atoms with Crippen LogP contribution in [-0.4, -0.2) is 43.0 Å². The lowest BCUT2D eigenvalue weighted by molar-refractivity contribution is -0.120. The van der Waals surface area contributed by atoms with Gasteiger partial charge in [-0.3, -0.25) is 4.79 Å². The quantitative estimate of drug-likeness (QED) is 0.567. The summed E-state index contributed by atoms with van der Waals surface area (Å²) in [5.74, 6) is 1.19. The number of nitrogens with zero attached hydrogens (tertiary/aromatic N) is 3. The van der Waals surface area contributed by atoms with E-state index >= 15 is 0 Å². The number of rotatable bonds is 2. The van der Waals surface area contributed by atoms with Crippen LogP contribution in [0.25, 0.3) is 0 Å². The first kappa shape index (κ1) is 14.2. The molecular weight excluding hydrogens is 286 g/mol. The lowest BCUT2D eigenvalue weighted by atomic mass is 9.94. The van der Waals surface area contributed by atoms with E-state index in [-0.39, 0.29) is 23.9 Å². The van der Waals surface area contributed by atoms with Crippen molar-refractivity contribution < 1.29 is 14.3 Å². The monoisotopic (exact) mass is 303 g/mol. The molecular formula is C14H17N5O3.